The normalized spacial score (nSPS) is 14.1. The van der Waals surface area contributed by atoms with Gasteiger partial charge >= 0.3 is 0 Å². The summed E-state index contributed by atoms with van der Waals surface area (Å²) in [6.45, 7) is 6.02. The van der Waals surface area contributed by atoms with Gasteiger partial charge in [-0.15, -0.1) is 0 Å². The molecule has 0 aromatic heterocycles. The van der Waals surface area contributed by atoms with Gasteiger partial charge in [-0.1, -0.05) is 42.4 Å². The summed E-state index contributed by atoms with van der Waals surface area (Å²) >= 11 is 0. The van der Waals surface area contributed by atoms with Crippen molar-refractivity contribution in [2.75, 3.05) is 12.4 Å². The number of hydrogen-bond donors (Lipinski definition) is 0. The molecule has 10 heavy (non-hydrogen) atoms. The van der Waals surface area contributed by atoms with E-state index >= 15 is 0 Å². The molecule has 62 valence electrons. The molecule has 0 radical (unpaired) electrons. The molecule has 0 aliphatic heterocycles. The lowest BCUT2D eigenvalue weighted by Crippen LogP contribution is -2.11. The second kappa shape index (κ2) is 6.35. The largest absolute Gasteiger partial charge is 0.250 e. The third-order valence-electron chi connectivity index (χ3n) is 1.21. The molecule has 0 aliphatic carbocycles. The molecule has 1 atom stereocenters. The van der Waals surface area contributed by atoms with Gasteiger partial charge in [0.2, 0.25) is 0 Å². The molecule has 0 spiro atoms. The van der Waals surface area contributed by atoms with Gasteiger partial charge in [-0.05, 0) is 5.92 Å². The summed E-state index contributed by atoms with van der Waals surface area (Å²) < 4.78 is 12.2. The van der Waals surface area contributed by atoms with E-state index in [4.69, 9.17) is 0 Å². The van der Waals surface area contributed by atoms with Crippen molar-refractivity contribution in [2.24, 2.45) is 5.92 Å². The van der Waals surface area contributed by atoms with E-state index in [9.17, 15) is 4.39 Å². The highest BCUT2D eigenvalue weighted by molar-refractivity contribution is 8.76. The van der Waals surface area contributed by atoms with Crippen LogP contribution in [0.5, 0.6) is 0 Å². The number of hydrogen-bond acceptors (Lipinski definition) is 2. The van der Waals surface area contributed by atoms with Gasteiger partial charge in [-0.3, -0.25) is 0 Å². The van der Waals surface area contributed by atoms with Crippen LogP contribution in [0, 0.1) is 5.92 Å². The third kappa shape index (κ3) is 4.45. The zero-order valence-corrected chi connectivity index (χ0v) is 8.40. The Labute approximate surface area is 70.7 Å². The fourth-order valence-electron chi connectivity index (χ4n) is 0.470. The summed E-state index contributed by atoms with van der Waals surface area (Å²) in [6.07, 6.45) is 0. The van der Waals surface area contributed by atoms with Crippen LogP contribution in [0.25, 0.3) is 0 Å². The molecule has 3 heteroatoms. The molecule has 0 rings (SSSR count). The minimum absolute atomic E-state index is 0.185. The van der Waals surface area contributed by atoms with Gasteiger partial charge in [0.1, 0.15) is 6.67 Å². The first kappa shape index (κ1) is 10.6. The first-order chi connectivity index (χ1) is 4.72. The monoisotopic (exact) mass is 182 g/mol. The molecule has 0 bridgehead atoms. The number of rotatable bonds is 5. The highest BCUT2D eigenvalue weighted by Gasteiger charge is 2.12. The van der Waals surface area contributed by atoms with Crippen LogP contribution < -0.4 is 0 Å². The Kier molecular flexibility index (Phi) is 6.75. The summed E-state index contributed by atoms with van der Waals surface area (Å²) in [5.41, 5.74) is 0. The lowest BCUT2D eigenvalue weighted by Gasteiger charge is -2.14. The van der Waals surface area contributed by atoms with E-state index in [1.54, 1.807) is 21.6 Å². The SMILES string of the molecule is CCSS[C@@H](CF)C(C)C. The average molecular weight is 182 g/mol. The van der Waals surface area contributed by atoms with Gasteiger partial charge < -0.3 is 0 Å². The van der Waals surface area contributed by atoms with Crippen molar-refractivity contribution in [2.45, 2.75) is 26.0 Å². The lowest BCUT2D eigenvalue weighted by molar-refractivity contribution is 0.433. The Hall–Kier alpha value is 0.630. The van der Waals surface area contributed by atoms with Crippen molar-refractivity contribution < 1.29 is 4.39 Å². The molecule has 0 amide bonds. The maximum absolute atomic E-state index is 12.2. The van der Waals surface area contributed by atoms with Crippen LogP contribution >= 0.6 is 21.6 Å². The molecule has 0 aromatic rings. The molecule has 0 fully saturated rings. The van der Waals surface area contributed by atoms with Crippen LogP contribution in [0.1, 0.15) is 20.8 Å². The second-order valence-corrected chi connectivity index (χ2v) is 5.33. The fourth-order valence-corrected chi connectivity index (χ4v) is 2.81. The average Bonchev–Trinajstić information content (AvgIpc) is 1.89. The Bertz CT molecular complexity index is 76.0. The number of alkyl halides is 1. The first-order valence-corrected chi connectivity index (χ1v) is 5.94. The molecule has 0 unspecified atom stereocenters. The molecular weight excluding hydrogens is 167 g/mol. The minimum atomic E-state index is -0.199. The van der Waals surface area contributed by atoms with Crippen LogP contribution in [-0.4, -0.2) is 17.7 Å². The Morgan fingerprint density at radius 1 is 1.40 bits per heavy atom. The van der Waals surface area contributed by atoms with Gasteiger partial charge in [0.25, 0.3) is 0 Å². The van der Waals surface area contributed by atoms with E-state index in [0.29, 0.717) is 5.92 Å². The van der Waals surface area contributed by atoms with Crippen LogP contribution in [0.4, 0.5) is 4.39 Å². The van der Waals surface area contributed by atoms with Gasteiger partial charge in [0.05, 0.1) is 0 Å². The van der Waals surface area contributed by atoms with Crippen molar-refractivity contribution >= 4 is 21.6 Å². The van der Waals surface area contributed by atoms with Gasteiger partial charge in [-0.25, -0.2) is 4.39 Å². The maximum Gasteiger partial charge on any atom is 0.102 e. The molecule has 0 aromatic carbocycles. The quantitative estimate of drug-likeness (QED) is 0.598. The molecule has 0 nitrogen and oxygen atoms in total. The molecule has 0 heterocycles. The first-order valence-electron chi connectivity index (χ1n) is 3.56. The third-order valence-corrected chi connectivity index (χ3v) is 4.35. The van der Waals surface area contributed by atoms with Gasteiger partial charge in [0.15, 0.2) is 0 Å². The van der Waals surface area contributed by atoms with Crippen molar-refractivity contribution in [1.82, 2.24) is 0 Å². The lowest BCUT2D eigenvalue weighted by atomic mass is 10.1. The van der Waals surface area contributed by atoms with Gasteiger partial charge in [-0.2, -0.15) is 0 Å². The predicted molar refractivity (Wildman–Crippen MR) is 50.3 cm³/mol. The summed E-state index contributed by atoms with van der Waals surface area (Å²) in [6, 6.07) is 0. The van der Waals surface area contributed by atoms with Crippen LogP contribution in [0.3, 0.4) is 0 Å². The fraction of sp³-hybridized carbons (Fsp3) is 1.00. The van der Waals surface area contributed by atoms with Crippen LogP contribution in [-0.2, 0) is 0 Å². The van der Waals surface area contributed by atoms with Crippen LogP contribution in [0.2, 0.25) is 0 Å². The zero-order valence-electron chi connectivity index (χ0n) is 6.76. The summed E-state index contributed by atoms with van der Waals surface area (Å²) in [5.74, 6) is 1.52. The van der Waals surface area contributed by atoms with Crippen LogP contribution in [0.15, 0.2) is 0 Å². The van der Waals surface area contributed by atoms with Crippen molar-refractivity contribution in [1.29, 1.82) is 0 Å². The molecular formula is C7H15FS2. The standard InChI is InChI=1S/C7H15FS2/c1-4-9-10-7(5-8)6(2)3/h6-7H,4-5H2,1-3H3/t7-/m0/s1. The van der Waals surface area contributed by atoms with Crippen molar-refractivity contribution in [3.05, 3.63) is 0 Å². The molecule has 0 N–H and O–H groups in total. The van der Waals surface area contributed by atoms with Crippen molar-refractivity contribution in [3.63, 3.8) is 0 Å². The maximum atomic E-state index is 12.2. The summed E-state index contributed by atoms with van der Waals surface area (Å²) in [5, 5.41) is 0.185. The second-order valence-electron chi connectivity index (χ2n) is 2.44. The van der Waals surface area contributed by atoms with E-state index in [0.717, 1.165) is 5.75 Å². The topological polar surface area (TPSA) is 0 Å². The van der Waals surface area contributed by atoms with E-state index in [2.05, 4.69) is 20.8 Å². The minimum Gasteiger partial charge on any atom is -0.250 e. The molecule has 0 saturated carbocycles. The van der Waals surface area contributed by atoms with E-state index < -0.39 is 0 Å². The summed E-state index contributed by atoms with van der Waals surface area (Å²) in [7, 11) is 3.42. The molecule has 0 aliphatic rings. The Balaban J connectivity index is 3.40. The highest BCUT2D eigenvalue weighted by Crippen LogP contribution is 2.30. The van der Waals surface area contributed by atoms with E-state index in [-0.39, 0.29) is 11.9 Å². The number of halogens is 1. The molecule has 0 saturated heterocycles. The summed E-state index contributed by atoms with van der Waals surface area (Å²) in [4.78, 5) is 0. The predicted octanol–water partition coefficient (Wildman–Crippen LogP) is 3.38. The van der Waals surface area contributed by atoms with E-state index in [1.807, 2.05) is 0 Å². The van der Waals surface area contributed by atoms with Crippen molar-refractivity contribution in [3.8, 4) is 0 Å². The smallest absolute Gasteiger partial charge is 0.102 e. The van der Waals surface area contributed by atoms with Gasteiger partial charge in [0, 0.05) is 11.0 Å². The Morgan fingerprint density at radius 3 is 2.30 bits per heavy atom. The highest BCUT2D eigenvalue weighted by atomic mass is 33.1. The van der Waals surface area contributed by atoms with E-state index in [1.165, 1.54) is 0 Å². The Morgan fingerprint density at radius 2 is 2.00 bits per heavy atom. The zero-order chi connectivity index (χ0) is 7.98.